The van der Waals surface area contributed by atoms with Crippen LogP contribution in [-0.2, 0) is 0 Å². The van der Waals surface area contributed by atoms with Crippen molar-refractivity contribution >= 4 is 11.8 Å². The van der Waals surface area contributed by atoms with Crippen LogP contribution < -0.4 is 5.32 Å². The molecule has 0 aliphatic carbocycles. The van der Waals surface area contributed by atoms with E-state index in [0.717, 1.165) is 31.3 Å². The molecule has 1 unspecified atom stereocenters. The van der Waals surface area contributed by atoms with E-state index in [4.69, 9.17) is 5.11 Å². The maximum absolute atomic E-state index is 8.64. The highest BCUT2D eigenvalue weighted by molar-refractivity contribution is 7.99. The van der Waals surface area contributed by atoms with Crippen LogP contribution in [0, 0.1) is 0 Å². The first-order chi connectivity index (χ1) is 8.34. The van der Waals surface area contributed by atoms with Gasteiger partial charge in [-0.1, -0.05) is 6.42 Å². The van der Waals surface area contributed by atoms with Gasteiger partial charge in [-0.25, -0.2) is 0 Å². The molecule has 0 aromatic carbocycles. The average Bonchev–Trinajstić information content (AvgIpc) is 2.35. The average molecular weight is 260 g/mol. The van der Waals surface area contributed by atoms with E-state index in [1.54, 1.807) is 0 Å². The van der Waals surface area contributed by atoms with Crippen LogP contribution in [0.4, 0.5) is 0 Å². The Morgan fingerprint density at radius 1 is 1.29 bits per heavy atom. The van der Waals surface area contributed by atoms with Crippen LogP contribution in [0.2, 0.25) is 0 Å². The van der Waals surface area contributed by atoms with E-state index in [2.05, 4.69) is 17.3 Å². The van der Waals surface area contributed by atoms with Crippen molar-refractivity contribution in [3.05, 3.63) is 0 Å². The van der Waals surface area contributed by atoms with E-state index in [0.29, 0.717) is 6.61 Å². The Morgan fingerprint density at radius 3 is 2.94 bits per heavy atom. The normalized spacial score (nSPS) is 21.9. The third kappa shape index (κ3) is 7.29. The van der Waals surface area contributed by atoms with E-state index >= 15 is 0 Å². The molecule has 1 rings (SSSR count). The highest BCUT2D eigenvalue weighted by atomic mass is 32.2. The summed E-state index contributed by atoms with van der Waals surface area (Å²) in [6, 6.07) is 0.804. The van der Waals surface area contributed by atoms with Crippen LogP contribution in [0.3, 0.4) is 0 Å². The third-order valence-electron chi connectivity index (χ3n) is 3.45. The summed E-state index contributed by atoms with van der Waals surface area (Å²) in [6.45, 7) is 3.86. The molecule has 4 heteroatoms. The zero-order chi connectivity index (χ0) is 12.3. The van der Waals surface area contributed by atoms with E-state index in [-0.39, 0.29) is 0 Å². The molecule has 3 nitrogen and oxygen atoms in total. The van der Waals surface area contributed by atoms with E-state index in [1.807, 2.05) is 11.8 Å². The summed E-state index contributed by atoms with van der Waals surface area (Å²) in [4.78, 5) is 2.52. The Kier molecular flexibility index (Phi) is 9.16. The first kappa shape index (κ1) is 15.3. The molecule has 1 aliphatic heterocycles. The van der Waals surface area contributed by atoms with Gasteiger partial charge in [0.25, 0.3) is 0 Å². The zero-order valence-corrected chi connectivity index (χ0v) is 12.0. The van der Waals surface area contributed by atoms with Crippen LogP contribution >= 0.6 is 11.8 Å². The van der Waals surface area contributed by atoms with Crippen molar-refractivity contribution in [3.8, 4) is 0 Å². The molecular weight excluding hydrogens is 232 g/mol. The summed E-state index contributed by atoms with van der Waals surface area (Å²) in [6.07, 6.45) is 6.38. The summed E-state index contributed by atoms with van der Waals surface area (Å²) in [5, 5.41) is 12.2. The SMILES string of the molecule is CN1CCCCC1CCNCCSCCCO. The first-order valence-corrected chi connectivity index (χ1v) is 8.09. The quantitative estimate of drug-likeness (QED) is 0.617. The first-order valence-electron chi connectivity index (χ1n) is 6.94. The van der Waals surface area contributed by atoms with Gasteiger partial charge in [0, 0.05) is 24.9 Å². The monoisotopic (exact) mass is 260 g/mol. The number of nitrogens with one attached hydrogen (secondary N) is 1. The van der Waals surface area contributed by atoms with Crippen LogP contribution in [0.15, 0.2) is 0 Å². The van der Waals surface area contributed by atoms with Crippen molar-refractivity contribution in [3.63, 3.8) is 0 Å². The number of hydrogen-bond donors (Lipinski definition) is 2. The fourth-order valence-corrected chi connectivity index (χ4v) is 3.14. The van der Waals surface area contributed by atoms with Gasteiger partial charge in [0.1, 0.15) is 0 Å². The van der Waals surface area contributed by atoms with Crippen molar-refractivity contribution in [2.24, 2.45) is 0 Å². The maximum atomic E-state index is 8.64. The number of aliphatic hydroxyl groups is 1. The molecule has 1 saturated heterocycles. The summed E-state index contributed by atoms with van der Waals surface area (Å²) >= 11 is 1.93. The molecule has 102 valence electrons. The Balaban J connectivity index is 1.86. The van der Waals surface area contributed by atoms with Gasteiger partial charge >= 0.3 is 0 Å². The molecule has 0 saturated carbocycles. The summed E-state index contributed by atoms with van der Waals surface area (Å²) in [5.41, 5.74) is 0. The van der Waals surface area contributed by atoms with E-state index < -0.39 is 0 Å². The lowest BCUT2D eigenvalue weighted by Gasteiger charge is -2.32. The molecule has 1 fully saturated rings. The standard InChI is InChI=1S/C13H28N2OS/c1-15-9-3-2-5-13(15)6-7-14-8-12-17-11-4-10-16/h13-14,16H,2-12H2,1H3. The highest BCUT2D eigenvalue weighted by Crippen LogP contribution is 2.16. The minimum atomic E-state index is 0.328. The van der Waals surface area contributed by atoms with Gasteiger partial charge in [0.05, 0.1) is 0 Å². The fourth-order valence-electron chi connectivity index (χ4n) is 2.32. The molecule has 1 atom stereocenters. The van der Waals surface area contributed by atoms with Crippen molar-refractivity contribution in [1.82, 2.24) is 10.2 Å². The summed E-state index contributed by atoms with van der Waals surface area (Å²) in [5.74, 6) is 2.25. The number of likely N-dealkylation sites (tertiary alicyclic amines) is 1. The lowest BCUT2D eigenvalue weighted by molar-refractivity contribution is 0.176. The molecule has 0 amide bonds. The predicted octanol–water partition coefficient (Wildman–Crippen LogP) is 1.57. The highest BCUT2D eigenvalue weighted by Gasteiger charge is 2.17. The van der Waals surface area contributed by atoms with Crippen molar-refractivity contribution in [2.75, 3.05) is 44.8 Å². The molecule has 0 bridgehead atoms. The Morgan fingerprint density at radius 2 is 2.18 bits per heavy atom. The second-order valence-electron chi connectivity index (χ2n) is 4.86. The molecular formula is C13H28N2OS. The molecule has 1 heterocycles. The molecule has 17 heavy (non-hydrogen) atoms. The van der Waals surface area contributed by atoms with Gasteiger partial charge in [-0.2, -0.15) is 11.8 Å². The number of piperidine rings is 1. The maximum Gasteiger partial charge on any atom is 0.0438 e. The van der Waals surface area contributed by atoms with Crippen molar-refractivity contribution < 1.29 is 5.11 Å². The topological polar surface area (TPSA) is 35.5 Å². The van der Waals surface area contributed by atoms with Gasteiger partial charge in [0.2, 0.25) is 0 Å². The fraction of sp³-hybridized carbons (Fsp3) is 1.00. The summed E-state index contributed by atoms with van der Waals surface area (Å²) in [7, 11) is 2.26. The molecule has 0 spiro atoms. The van der Waals surface area contributed by atoms with Gasteiger partial charge in [0.15, 0.2) is 0 Å². The van der Waals surface area contributed by atoms with Crippen LogP contribution in [0.1, 0.15) is 32.1 Å². The Bertz CT molecular complexity index is 181. The van der Waals surface area contributed by atoms with Gasteiger partial charge in [-0.15, -0.1) is 0 Å². The number of nitrogens with zero attached hydrogens (tertiary/aromatic N) is 1. The molecule has 0 aromatic heterocycles. The van der Waals surface area contributed by atoms with Crippen molar-refractivity contribution in [2.45, 2.75) is 38.1 Å². The van der Waals surface area contributed by atoms with Crippen molar-refractivity contribution in [1.29, 1.82) is 0 Å². The number of thioether (sulfide) groups is 1. The van der Waals surface area contributed by atoms with E-state index in [1.165, 1.54) is 38.0 Å². The minimum Gasteiger partial charge on any atom is -0.396 e. The smallest absolute Gasteiger partial charge is 0.0438 e. The lowest BCUT2D eigenvalue weighted by Crippen LogP contribution is -2.38. The van der Waals surface area contributed by atoms with Gasteiger partial charge in [-0.3, -0.25) is 0 Å². The van der Waals surface area contributed by atoms with Crippen LogP contribution in [0.5, 0.6) is 0 Å². The van der Waals surface area contributed by atoms with Gasteiger partial charge < -0.3 is 15.3 Å². The minimum absolute atomic E-state index is 0.328. The number of rotatable bonds is 9. The largest absolute Gasteiger partial charge is 0.396 e. The Hall–Kier alpha value is 0.230. The molecule has 2 N–H and O–H groups in total. The second kappa shape index (κ2) is 10.2. The third-order valence-corrected chi connectivity index (χ3v) is 4.52. The van der Waals surface area contributed by atoms with E-state index in [9.17, 15) is 0 Å². The number of hydrogen-bond acceptors (Lipinski definition) is 4. The lowest BCUT2D eigenvalue weighted by atomic mass is 10.0. The molecule has 0 radical (unpaired) electrons. The molecule has 1 aliphatic rings. The van der Waals surface area contributed by atoms with Gasteiger partial charge in [-0.05, 0) is 51.6 Å². The summed E-state index contributed by atoms with van der Waals surface area (Å²) < 4.78 is 0. The second-order valence-corrected chi connectivity index (χ2v) is 6.08. The predicted molar refractivity (Wildman–Crippen MR) is 76.8 cm³/mol. The zero-order valence-electron chi connectivity index (χ0n) is 11.2. The Labute approximate surface area is 110 Å². The number of aliphatic hydroxyl groups excluding tert-OH is 1. The molecule has 0 aromatic rings. The van der Waals surface area contributed by atoms with Crippen LogP contribution in [0.25, 0.3) is 0 Å². The van der Waals surface area contributed by atoms with Crippen LogP contribution in [-0.4, -0.2) is 60.8 Å².